The fraction of sp³-hybridized carbons (Fsp3) is 0.250. The van der Waals surface area contributed by atoms with Gasteiger partial charge in [0.05, 0.1) is 5.69 Å². The van der Waals surface area contributed by atoms with Gasteiger partial charge in [0.2, 0.25) is 0 Å². The SMILES string of the molecule is CN(C)S(=O)(=O)Nc1ccc(/C=C/c2ccc(NC(=S)NC3CC3)cc2S(=O)(=O)O)c(S(=O)(=O)O)c1.[Na+]. The summed E-state index contributed by atoms with van der Waals surface area (Å²) in [6, 6.07) is 7.72. The van der Waals surface area contributed by atoms with E-state index in [4.69, 9.17) is 12.2 Å². The molecule has 0 aromatic heterocycles. The van der Waals surface area contributed by atoms with Crippen LogP contribution in [0.1, 0.15) is 24.0 Å². The molecule has 0 radical (unpaired) electrons. The van der Waals surface area contributed by atoms with Crippen LogP contribution in [0.5, 0.6) is 0 Å². The summed E-state index contributed by atoms with van der Waals surface area (Å²) in [7, 11) is -10.9. The Morgan fingerprint density at radius 1 is 0.892 bits per heavy atom. The van der Waals surface area contributed by atoms with Crippen LogP contribution in [-0.2, 0) is 30.4 Å². The Morgan fingerprint density at radius 3 is 1.78 bits per heavy atom. The number of nitrogens with one attached hydrogen (secondary N) is 3. The van der Waals surface area contributed by atoms with Gasteiger partial charge in [0.1, 0.15) is 9.79 Å². The second-order valence-electron chi connectivity index (χ2n) is 8.05. The van der Waals surface area contributed by atoms with Crippen molar-refractivity contribution in [3.05, 3.63) is 47.5 Å². The van der Waals surface area contributed by atoms with Crippen LogP contribution in [0.3, 0.4) is 0 Å². The number of benzene rings is 2. The summed E-state index contributed by atoms with van der Waals surface area (Å²) >= 11 is 5.17. The Kier molecular flexibility index (Phi) is 10.3. The molecule has 1 fully saturated rings. The molecule has 17 heteroatoms. The fourth-order valence-electron chi connectivity index (χ4n) is 2.93. The van der Waals surface area contributed by atoms with Gasteiger partial charge in [-0.25, -0.2) is 0 Å². The van der Waals surface area contributed by atoms with Gasteiger partial charge in [-0.2, -0.15) is 29.6 Å². The van der Waals surface area contributed by atoms with Gasteiger partial charge in [-0.05, 0) is 60.5 Å². The van der Waals surface area contributed by atoms with Crippen LogP contribution in [-0.4, -0.2) is 63.9 Å². The maximum Gasteiger partial charge on any atom is 1.00 e. The first-order chi connectivity index (χ1) is 16.6. The predicted octanol–water partition coefficient (Wildman–Crippen LogP) is -0.978. The molecule has 0 bridgehead atoms. The zero-order valence-electron chi connectivity index (χ0n) is 20.0. The Hall–Kier alpha value is -1.60. The molecule has 2 aromatic carbocycles. The van der Waals surface area contributed by atoms with Crippen LogP contribution < -0.4 is 44.9 Å². The molecule has 0 heterocycles. The largest absolute Gasteiger partial charge is 1.00 e. The minimum Gasteiger partial charge on any atom is -0.360 e. The van der Waals surface area contributed by atoms with E-state index < -0.39 is 40.2 Å². The first-order valence-corrected chi connectivity index (χ1v) is 15.0. The van der Waals surface area contributed by atoms with Gasteiger partial charge in [0, 0.05) is 25.8 Å². The maximum absolute atomic E-state index is 12.0. The summed E-state index contributed by atoms with van der Waals surface area (Å²) in [5.74, 6) is 0. The zero-order valence-corrected chi connectivity index (χ0v) is 25.3. The molecule has 0 unspecified atom stereocenters. The van der Waals surface area contributed by atoms with Gasteiger partial charge < -0.3 is 10.6 Å². The predicted molar refractivity (Wildman–Crippen MR) is 140 cm³/mol. The van der Waals surface area contributed by atoms with Crippen molar-refractivity contribution in [2.45, 2.75) is 28.7 Å². The van der Waals surface area contributed by atoms with E-state index in [1.165, 1.54) is 56.6 Å². The number of anilines is 2. The van der Waals surface area contributed by atoms with Crippen LogP contribution in [0, 0.1) is 0 Å². The van der Waals surface area contributed by atoms with Crippen molar-refractivity contribution >= 4 is 71.3 Å². The number of hydrogen-bond acceptors (Lipinski definition) is 7. The minimum absolute atomic E-state index is 0. The van der Waals surface area contributed by atoms with Crippen LogP contribution in [0.25, 0.3) is 12.2 Å². The monoisotopic (exact) mass is 599 g/mol. The molecule has 1 aliphatic rings. The van der Waals surface area contributed by atoms with Crippen LogP contribution in [0.2, 0.25) is 0 Å². The summed E-state index contributed by atoms with van der Waals surface area (Å²) in [5.41, 5.74) is 0.124. The molecule has 0 spiro atoms. The van der Waals surface area contributed by atoms with Gasteiger partial charge >= 0.3 is 39.8 Å². The summed E-state index contributed by atoms with van der Waals surface area (Å²) in [4.78, 5) is -1.09. The van der Waals surface area contributed by atoms with Gasteiger partial charge in [0.25, 0.3) is 20.2 Å². The average Bonchev–Trinajstić information content (AvgIpc) is 3.55. The quantitative estimate of drug-likeness (QED) is 0.103. The van der Waals surface area contributed by atoms with E-state index in [2.05, 4.69) is 15.4 Å². The molecule has 1 aliphatic carbocycles. The van der Waals surface area contributed by atoms with Gasteiger partial charge in [-0.15, -0.1) is 0 Å². The smallest absolute Gasteiger partial charge is 0.360 e. The Labute approximate surface area is 243 Å². The topological polar surface area (TPSA) is 182 Å². The molecule has 0 atom stereocenters. The van der Waals surface area contributed by atoms with Crippen molar-refractivity contribution in [2.75, 3.05) is 24.1 Å². The van der Waals surface area contributed by atoms with Gasteiger partial charge in [-0.3, -0.25) is 13.8 Å². The van der Waals surface area contributed by atoms with Crippen LogP contribution in [0.15, 0.2) is 46.2 Å². The second-order valence-corrected chi connectivity index (χ2v) is 13.1. The third-order valence-corrected chi connectivity index (χ3v) is 8.42. The molecular formula is C20H24N4NaO8S4+. The van der Waals surface area contributed by atoms with Crippen LogP contribution in [0.4, 0.5) is 11.4 Å². The molecule has 0 saturated heterocycles. The minimum atomic E-state index is -4.80. The summed E-state index contributed by atoms with van der Waals surface area (Å²) < 4.78 is 94.3. The molecule has 0 aliphatic heterocycles. The van der Waals surface area contributed by atoms with Crippen molar-refractivity contribution in [3.8, 4) is 0 Å². The fourth-order valence-corrected chi connectivity index (χ4v) is 5.24. The molecule has 37 heavy (non-hydrogen) atoms. The third-order valence-electron chi connectivity index (χ3n) is 4.92. The average molecular weight is 600 g/mol. The van der Waals surface area contributed by atoms with Gasteiger partial charge in [-0.1, -0.05) is 24.3 Å². The molecule has 5 N–H and O–H groups in total. The number of thiocarbonyl (C=S) groups is 1. The molecule has 2 aromatic rings. The normalized spacial score (nSPS) is 14.3. The molecule has 3 rings (SSSR count). The van der Waals surface area contributed by atoms with E-state index in [0.717, 1.165) is 23.2 Å². The maximum atomic E-state index is 12.0. The van der Waals surface area contributed by atoms with E-state index in [0.29, 0.717) is 10.8 Å². The van der Waals surface area contributed by atoms with Gasteiger partial charge in [0.15, 0.2) is 5.11 Å². The number of rotatable bonds is 9. The van der Waals surface area contributed by atoms with Crippen LogP contribution >= 0.6 is 12.2 Å². The molecule has 196 valence electrons. The van der Waals surface area contributed by atoms with E-state index >= 15 is 0 Å². The number of nitrogens with zero attached hydrogens (tertiary/aromatic N) is 1. The standard InChI is InChI=1S/C20H24N4O8S4.Na/c1-24(2)36(31,32)23-17-8-6-14(19(12-17)35(28,29)30)4-3-13-5-7-16(11-18(13)34(25,26)27)22-20(33)21-15-9-10-15;/h3-8,11-12,15,23H,9-10H2,1-2H3,(H2,21,22,33)(H,25,26,27)(H,28,29,30);/q;+1/b4-3+;. The summed E-state index contributed by atoms with van der Waals surface area (Å²) in [6.07, 6.45) is 4.39. The Bertz CT molecular complexity index is 1540. The second kappa shape index (κ2) is 12.1. The zero-order chi connectivity index (χ0) is 26.9. The van der Waals surface area contributed by atoms with E-state index in [9.17, 15) is 34.4 Å². The molecular weight excluding hydrogens is 575 g/mol. The Balaban J connectivity index is 0.00000481. The van der Waals surface area contributed by atoms with Crippen molar-refractivity contribution in [1.29, 1.82) is 0 Å². The molecule has 0 amide bonds. The van der Waals surface area contributed by atoms with E-state index in [1.807, 2.05) is 0 Å². The first kappa shape index (κ1) is 31.6. The first-order valence-electron chi connectivity index (χ1n) is 10.3. The van der Waals surface area contributed by atoms with Crippen molar-refractivity contribution in [1.82, 2.24) is 9.62 Å². The van der Waals surface area contributed by atoms with Crippen molar-refractivity contribution in [3.63, 3.8) is 0 Å². The summed E-state index contributed by atoms with van der Waals surface area (Å²) in [5, 5.41) is 6.17. The molecule has 12 nitrogen and oxygen atoms in total. The molecule has 1 saturated carbocycles. The van der Waals surface area contributed by atoms with E-state index in [-0.39, 0.29) is 52.4 Å². The van der Waals surface area contributed by atoms with E-state index in [1.54, 1.807) is 0 Å². The summed E-state index contributed by atoms with van der Waals surface area (Å²) in [6.45, 7) is 0. The number of hydrogen-bond donors (Lipinski definition) is 5. The van der Waals surface area contributed by atoms with Crippen molar-refractivity contribution < 1.29 is 63.9 Å². The Morgan fingerprint density at radius 2 is 1.35 bits per heavy atom. The van der Waals surface area contributed by atoms with Crippen molar-refractivity contribution in [2.24, 2.45) is 0 Å². The third kappa shape index (κ3) is 8.98.